The lowest BCUT2D eigenvalue weighted by molar-refractivity contribution is 0.101. The second kappa shape index (κ2) is 8.10. The minimum Gasteiger partial charge on any atom is -0.394 e. The molecule has 4 nitrogen and oxygen atoms in total. The monoisotopic (exact) mass is 258 g/mol. The third-order valence-corrected chi connectivity index (χ3v) is 3.89. The Balaban J connectivity index is 1.96. The van der Waals surface area contributed by atoms with Crippen LogP contribution >= 0.6 is 0 Å². The molecule has 0 spiro atoms. The van der Waals surface area contributed by atoms with Gasteiger partial charge in [-0.25, -0.2) is 0 Å². The van der Waals surface area contributed by atoms with E-state index in [0.717, 1.165) is 45.1 Å². The molecule has 108 valence electrons. The molecule has 0 radical (unpaired) electrons. The highest BCUT2D eigenvalue weighted by Crippen LogP contribution is 2.28. The topological polar surface area (TPSA) is 44.7 Å². The average Bonchev–Trinajstić information content (AvgIpc) is 3.18. The Kier molecular flexibility index (Phi) is 7.15. The minimum atomic E-state index is -0.136. The fourth-order valence-corrected chi connectivity index (χ4v) is 1.89. The van der Waals surface area contributed by atoms with E-state index in [4.69, 9.17) is 4.74 Å². The van der Waals surface area contributed by atoms with Gasteiger partial charge in [0.25, 0.3) is 0 Å². The van der Waals surface area contributed by atoms with E-state index >= 15 is 0 Å². The molecule has 1 rings (SSSR count). The van der Waals surface area contributed by atoms with Crippen LogP contribution in [0.4, 0.5) is 0 Å². The number of nitrogens with one attached hydrogen (secondary N) is 1. The fraction of sp³-hybridized carbons (Fsp3) is 1.00. The number of aliphatic hydroxyl groups excluding tert-OH is 1. The maximum atomic E-state index is 9.29. The molecule has 4 heteroatoms. The maximum absolute atomic E-state index is 9.29. The second-order valence-corrected chi connectivity index (χ2v) is 5.89. The molecular formula is C14H30N2O2. The Morgan fingerprint density at radius 3 is 2.67 bits per heavy atom. The van der Waals surface area contributed by atoms with E-state index in [2.05, 4.69) is 24.2 Å². The zero-order valence-corrected chi connectivity index (χ0v) is 12.2. The van der Waals surface area contributed by atoms with Crippen LogP contribution in [0.3, 0.4) is 0 Å². The van der Waals surface area contributed by atoms with Crippen molar-refractivity contribution in [3.05, 3.63) is 0 Å². The molecule has 1 aliphatic rings. The molecule has 1 aliphatic carbocycles. The third-order valence-electron chi connectivity index (χ3n) is 3.89. The zero-order chi connectivity index (χ0) is 13.4. The first-order valence-corrected chi connectivity index (χ1v) is 7.16. The number of aliphatic hydroxyl groups is 1. The smallest absolute Gasteiger partial charge is 0.0610 e. The standard InChI is InChI=1S/C14H30N2O2/c1-14(12-17,15-2)7-4-8-16(3)9-10-18-11-13-5-6-13/h13,15,17H,4-12H2,1-3H3. The van der Waals surface area contributed by atoms with E-state index in [-0.39, 0.29) is 12.1 Å². The third kappa shape index (κ3) is 6.69. The molecule has 0 amide bonds. The number of hydrogen-bond donors (Lipinski definition) is 2. The average molecular weight is 258 g/mol. The summed E-state index contributed by atoms with van der Waals surface area (Å²) in [6.07, 6.45) is 4.81. The summed E-state index contributed by atoms with van der Waals surface area (Å²) in [7, 11) is 4.04. The molecule has 0 aromatic carbocycles. The first-order valence-electron chi connectivity index (χ1n) is 7.16. The van der Waals surface area contributed by atoms with Crippen molar-refractivity contribution >= 4 is 0 Å². The normalized spacial score (nSPS) is 19.2. The van der Waals surface area contributed by atoms with Gasteiger partial charge >= 0.3 is 0 Å². The van der Waals surface area contributed by atoms with Crippen LogP contribution in [0.5, 0.6) is 0 Å². The molecule has 1 fully saturated rings. The number of rotatable bonds is 11. The van der Waals surface area contributed by atoms with Crippen molar-refractivity contribution in [1.82, 2.24) is 10.2 Å². The quantitative estimate of drug-likeness (QED) is 0.545. The van der Waals surface area contributed by atoms with E-state index in [0.29, 0.717) is 0 Å². The van der Waals surface area contributed by atoms with Crippen molar-refractivity contribution in [2.75, 3.05) is 47.0 Å². The molecule has 0 heterocycles. The lowest BCUT2D eigenvalue weighted by Gasteiger charge is -2.27. The minimum absolute atomic E-state index is 0.136. The van der Waals surface area contributed by atoms with Crippen molar-refractivity contribution in [3.63, 3.8) is 0 Å². The van der Waals surface area contributed by atoms with Crippen LogP contribution in [0.15, 0.2) is 0 Å². The summed E-state index contributed by atoms with van der Waals surface area (Å²) in [6, 6.07) is 0. The molecule has 0 aromatic rings. The fourth-order valence-electron chi connectivity index (χ4n) is 1.89. The van der Waals surface area contributed by atoms with Gasteiger partial charge in [-0.05, 0) is 59.2 Å². The second-order valence-electron chi connectivity index (χ2n) is 5.89. The zero-order valence-electron chi connectivity index (χ0n) is 12.2. The van der Waals surface area contributed by atoms with E-state index in [9.17, 15) is 5.11 Å². The van der Waals surface area contributed by atoms with Crippen LogP contribution in [0.25, 0.3) is 0 Å². The van der Waals surface area contributed by atoms with Crippen molar-refractivity contribution in [1.29, 1.82) is 0 Å². The predicted octanol–water partition coefficient (Wildman–Crippen LogP) is 1.10. The highest BCUT2D eigenvalue weighted by Gasteiger charge is 2.21. The lowest BCUT2D eigenvalue weighted by atomic mass is 9.97. The van der Waals surface area contributed by atoms with Crippen molar-refractivity contribution in [3.8, 4) is 0 Å². The molecule has 0 bridgehead atoms. The number of likely N-dealkylation sites (N-methyl/N-ethyl adjacent to an activating group) is 2. The summed E-state index contributed by atoms with van der Waals surface area (Å²) in [4.78, 5) is 2.31. The van der Waals surface area contributed by atoms with Gasteiger partial charge in [-0.3, -0.25) is 0 Å². The summed E-state index contributed by atoms with van der Waals surface area (Å²) in [5.74, 6) is 0.858. The van der Waals surface area contributed by atoms with Gasteiger partial charge < -0.3 is 20.1 Å². The molecule has 2 N–H and O–H groups in total. The van der Waals surface area contributed by atoms with E-state index in [1.807, 2.05) is 7.05 Å². The maximum Gasteiger partial charge on any atom is 0.0610 e. The predicted molar refractivity (Wildman–Crippen MR) is 74.8 cm³/mol. The van der Waals surface area contributed by atoms with Gasteiger partial charge in [0.2, 0.25) is 0 Å². The largest absolute Gasteiger partial charge is 0.394 e. The summed E-state index contributed by atoms with van der Waals surface area (Å²) in [5, 5.41) is 12.5. The van der Waals surface area contributed by atoms with E-state index in [1.54, 1.807) is 0 Å². The highest BCUT2D eigenvalue weighted by atomic mass is 16.5. The Morgan fingerprint density at radius 2 is 2.11 bits per heavy atom. The van der Waals surface area contributed by atoms with Gasteiger partial charge in [-0.15, -0.1) is 0 Å². The van der Waals surface area contributed by atoms with Crippen LogP contribution in [0.2, 0.25) is 0 Å². The van der Waals surface area contributed by atoms with Gasteiger partial charge in [-0.2, -0.15) is 0 Å². The summed E-state index contributed by atoms with van der Waals surface area (Å²) >= 11 is 0. The van der Waals surface area contributed by atoms with E-state index in [1.165, 1.54) is 12.8 Å². The van der Waals surface area contributed by atoms with Crippen LogP contribution in [0.1, 0.15) is 32.6 Å². The molecule has 1 atom stereocenters. The summed E-state index contributed by atoms with van der Waals surface area (Å²) < 4.78 is 5.62. The molecule has 0 saturated heterocycles. The van der Waals surface area contributed by atoms with Crippen LogP contribution in [-0.2, 0) is 4.74 Å². The summed E-state index contributed by atoms with van der Waals surface area (Å²) in [6.45, 7) is 6.11. The van der Waals surface area contributed by atoms with Gasteiger partial charge in [0.05, 0.1) is 13.2 Å². The SMILES string of the molecule is CNC(C)(CO)CCCN(C)CCOCC1CC1. The lowest BCUT2D eigenvalue weighted by Crippen LogP contribution is -2.43. The molecule has 0 aromatic heterocycles. The summed E-state index contributed by atoms with van der Waals surface area (Å²) in [5.41, 5.74) is -0.136. The van der Waals surface area contributed by atoms with Gasteiger partial charge in [0.1, 0.15) is 0 Å². The van der Waals surface area contributed by atoms with Crippen LogP contribution in [-0.4, -0.2) is 62.6 Å². The van der Waals surface area contributed by atoms with Gasteiger partial charge in [0, 0.05) is 18.7 Å². The highest BCUT2D eigenvalue weighted by molar-refractivity contribution is 4.80. The number of nitrogens with zero attached hydrogens (tertiary/aromatic N) is 1. The van der Waals surface area contributed by atoms with E-state index < -0.39 is 0 Å². The molecule has 1 saturated carbocycles. The van der Waals surface area contributed by atoms with Gasteiger partial charge in [-0.1, -0.05) is 0 Å². The Bertz CT molecular complexity index is 216. The van der Waals surface area contributed by atoms with Crippen molar-refractivity contribution in [2.45, 2.75) is 38.1 Å². The first kappa shape index (κ1) is 15.9. The van der Waals surface area contributed by atoms with Crippen molar-refractivity contribution < 1.29 is 9.84 Å². The Labute approximate surface area is 112 Å². The van der Waals surface area contributed by atoms with Crippen LogP contribution < -0.4 is 5.32 Å². The molecule has 18 heavy (non-hydrogen) atoms. The number of ether oxygens (including phenoxy) is 1. The van der Waals surface area contributed by atoms with Crippen LogP contribution in [0, 0.1) is 5.92 Å². The Hall–Kier alpha value is -0.160. The van der Waals surface area contributed by atoms with Gasteiger partial charge in [0.15, 0.2) is 0 Å². The van der Waals surface area contributed by atoms with Crippen molar-refractivity contribution in [2.24, 2.45) is 5.92 Å². The number of hydrogen-bond acceptors (Lipinski definition) is 4. The Morgan fingerprint density at radius 1 is 1.39 bits per heavy atom. The first-order chi connectivity index (χ1) is 8.59. The molecule has 1 unspecified atom stereocenters. The molecular weight excluding hydrogens is 228 g/mol. The molecule has 0 aliphatic heterocycles.